The SMILES string of the molecule is CCC(Oc1cccc(C(F)(F)F)n1)C(=O)O.Nc1ccc(F)cc1F. The fraction of sp³-hybridized carbons (Fsp3) is 0.250. The highest BCUT2D eigenvalue weighted by Gasteiger charge is 2.33. The van der Waals surface area contributed by atoms with Gasteiger partial charge in [-0.1, -0.05) is 13.0 Å². The first-order valence-corrected chi connectivity index (χ1v) is 7.18. The van der Waals surface area contributed by atoms with Crippen LogP contribution in [0.5, 0.6) is 5.88 Å². The number of carboxylic acids is 1. The molecule has 3 N–H and O–H groups in total. The molecule has 0 fully saturated rings. The number of nitrogens with two attached hydrogens (primary N) is 1. The number of nitrogen functional groups attached to an aromatic ring is 1. The summed E-state index contributed by atoms with van der Waals surface area (Å²) in [5.74, 6) is -2.92. The number of aromatic nitrogens is 1. The van der Waals surface area contributed by atoms with Crippen molar-refractivity contribution in [3.63, 3.8) is 0 Å². The number of benzene rings is 1. The van der Waals surface area contributed by atoms with Crippen LogP contribution in [-0.2, 0) is 11.0 Å². The number of carbonyl (C=O) groups is 1. The predicted molar refractivity (Wildman–Crippen MR) is 82.4 cm³/mol. The molecule has 0 bridgehead atoms. The van der Waals surface area contributed by atoms with Gasteiger partial charge in [0, 0.05) is 12.1 Å². The molecule has 2 rings (SSSR count). The van der Waals surface area contributed by atoms with Crippen LogP contribution in [0.1, 0.15) is 19.0 Å². The second-order valence-corrected chi connectivity index (χ2v) is 4.88. The van der Waals surface area contributed by atoms with Gasteiger partial charge in [-0.15, -0.1) is 0 Å². The zero-order valence-corrected chi connectivity index (χ0v) is 13.4. The van der Waals surface area contributed by atoms with Gasteiger partial charge in [0.15, 0.2) is 6.10 Å². The van der Waals surface area contributed by atoms with Gasteiger partial charge >= 0.3 is 12.1 Å². The Hall–Kier alpha value is -2.91. The van der Waals surface area contributed by atoms with Gasteiger partial charge in [0.25, 0.3) is 0 Å². The lowest BCUT2D eigenvalue weighted by Crippen LogP contribution is -2.26. The maximum absolute atomic E-state index is 12.3. The summed E-state index contributed by atoms with van der Waals surface area (Å²) in [5, 5.41) is 8.69. The third-order valence-electron chi connectivity index (χ3n) is 2.89. The number of hydrogen-bond acceptors (Lipinski definition) is 4. The molecule has 5 nitrogen and oxygen atoms in total. The third kappa shape index (κ3) is 6.54. The van der Waals surface area contributed by atoms with E-state index in [-0.39, 0.29) is 18.0 Å². The number of pyridine rings is 1. The van der Waals surface area contributed by atoms with Crippen molar-refractivity contribution in [2.24, 2.45) is 0 Å². The Morgan fingerprint density at radius 1 is 1.27 bits per heavy atom. The molecule has 0 radical (unpaired) electrons. The predicted octanol–water partition coefficient (Wildman–Crippen LogP) is 3.89. The first-order chi connectivity index (χ1) is 12.0. The minimum Gasteiger partial charge on any atom is -0.479 e. The molecule has 0 amide bonds. The molecule has 1 atom stereocenters. The van der Waals surface area contributed by atoms with Gasteiger partial charge in [-0.3, -0.25) is 0 Å². The number of aliphatic carboxylic acids is 1. The summed E-state index contributed by atoms with van der Waals surface area (Å²) in [6.45, 7) is 1.55. The van der Waals surface area contributed by atoms with Gasteiger partial charge in [-0.05, 0) is 24.6 Å². The monoisotopic (exact) mass is 378 g/mol. The first kappa shape index (κ1) is 21.1. The number of ether oxygens (including phenoxy) is 1. The molecular formula is C16H15F5N2O3. The number of nitrogens with zero attached hydrogens (tertiary/aromatic N) is 1. The zero-order valence-electron chi connectivity index (χ0n) is 13.4. The summed E-state index contributed by atoms with van der Waals surface area (Å²) in [7, 11) is 0. The molecule has 26 heavy (non-hydrogen) atoms. The van der Waals surface area contributed by atoms with Crippen LogP contribution in [0, 0.1) is 11.6 Å². The average molecular weight is 378 g/mol. The van der Waals surface area contributed by atoms with Gasteiger partial charge < -0.3 is 15.6 Å². The van der Waals surface area contributed by atoms with E-state index in [1.54, 1.807) is 6.92 Å². The smallest absolute Gasteiger partial charge is 0.433 e. The molecule has 0 spiro atoms. The van der Waals surface area contributed by atoms with Crippen molar-refractivity contribution in [1.82, 2.24) is 4.98 Å². The maximum Gasteiger partial charge on any atom is 0.433 e. The van der Waals surface area contributed by atoms with Crippen molar-refractivity contribution in [3.8, 4) is 5.88 Å². The zero-order chi connectivity index (χ0) is 19.9. The highest BCUT2D eigenvalue weighted by Crippen LogP contribution is 2.28. The van der Waals surface area contributed by atoms with E-state index < -0.39 is 35.6 Å². The van der Waals surface area contributed by atoms with Crippen LogP contribution >= 0.6 is 0 Å². The molecule has 1 unspecified atom stereocenters. The van der Waals surface area contributed by atoms with Crippen LogP contribution in [-0.4, -0.2) is 22.2 Å². The molecule has 1 heterocycles. The van der Waals surface area contributed by atoms with Crippen molar-refractivity contribution >= 4 is 11.7 Å². The summed E-state index contributed by atoms with van der Waals surface area (Å²) in [6, 6.07) is 6.12. The van der Waals surface area contributed by atoms with Crippen LogP contribution in [0.3, 0.4) is 0 Å². The van der Waals surface area contributed by atoms with Crippen molar-refractivity contribution < 1.29 is 36.6 Å². The second kappa shape index (κ2) is 8.97. The standard InChI is InChI=1S/C10H10F3NO3.C6H5F2N/c1-2-6(9(15)16)17-8-5-3-4-7(14-8)10(11,12)13;7-4-1-2-6(9)5(8)3-4/h3-6H,2H2,1H3,(H,15,16);1-3H,9H2. The highest BCUT2D eigenvalue weighted by molar-refractivity contribution is 5.72. The number of halogens is 5. The lowest BCUT2D eigenvalue weighted by molar-refractivity contribution is -0.145. The van der Waals surface area contributed by atoms with Crippen LogP contribution in [0.2, 0.25) is 0 Å². The van der Waals surface area contributed by atoms with E-state index in [1.165, 1.54) is 12.1 Å². The number of rotatable bonds is 4. The van der Waals surface area contributed by atoms with Gasteiger partial charge in [0.05, 0.1) is 5.69 Å². The Balaban J connectivity index is 0.000000314. The summed E-state index contributed by atoms with van der Waals surface area (Å²) in [6.07, 6.45) is -5.65. The molecule has 0 aliphatic carbocycles. The van der Waals surface area contributed by atoms with Crippen LogP contribution < -0.4 is 10.5 Å². The Kier molecular flexibility index (Phi) is 7.29. The summed E-state index contributed by atoms with van der Waals surface area (Å²) < 4.78 is 66.1. The number of carboxylic acid groups (broad SMARTS) is 1. The minimum atomic E-state index is -4.58. The summed E-state index contributed by atoms with van der Waals surface area (Å²) in [4.78, 5) is 13.8. The highest BCUT2D eigenvalue weighted by atomic mass is 19.4. The quantitative estimate of drug-likeness (QED) is 0.623. The van der Waals surface area contributed by atoms with Crippen molar-refractivity contribution in [3.05, 3.63) is 53.7 Å². The van der Waals surface area contributed by atoms with Gasteiger partial charge in [-0.2, -0.15) is 13.2 Å². The first-order valence-electron chi connectivity index (χ1n) is 7.18. The molecule has 2 aromatic rings. The second-order valence-electron chi connectivity index (χ2n) is 4.88. The van der Waals surface area contributed by atoms with Gasteiger partial charge in [0.1, 0.15) is 17.3 Å². The van der Waals surface area contributed by atoms with E-state index in [0.717, 1.165) is 24.3 Å². The molecule has 0 saturated carbocycles. The van der Waals surface area contributed by atoms with Crippen molar-refractivity contribution in [2.45, 2.75) is 25.6 Å². The van der Waals surface area contributed by atoms with Crippen LogP contribution in [0.25, 0.3) is 0 Å². The fourth-order valence-corrected chi connectivity index (χ4v) is 1.59. The van der Waals surface area contributed by atoms with Gasteiger partial charge in [0.2, 0.25) is 5.88 Å². The summed E-state index contributed by atoms with van der Waals surface area (Å²) >= 11 is 0. The normalized spacial score (nSPS) is 11.9. The van der Waals surface area contributed by atoms with E-state index in [2.05, 4.69) is 4.98 Å². The topological polar surface area (TPSA) is 85.4 Å². The molecule has 0 aliphatic heterocycles. The van der Waals surface area contributed by atoms with Crippen molar-refractivity contribution in [2.75, 3.05) is 5.73 Å². The Bertz CT molecular complexity index is 753. The minimum absolute atomic E-state index is 0.0311. The average Bonchev–Trinajstić information content (AvgIpc) is 2.56. The lowest BCUT2D eigenvalue weighted by atomic mass is 10.3. The number of hydrogen-bond donors (Lipinski definition) is 2. The van der Waals surface area contributed by atoms with E-state index in [1.807, 2.05) is 0 Å². The van der Waals surface area contributed by atoms with Crippen LogP contribution in [0.4, 0.5) is 27.6 Å². The lowest BCUT2D eigenvalue weighted by Gasteiger charge is -2.13. The van der Waals surface area contributed by atoms with Crippen molar-refractivity contribution in [1.29, 1.82) is 0 Å². The summed E-state index contributed by atoms with van der Waals surface area (Å²) in [5.41, 5.74) is 3.90. The molecule has 0 saturated heterocycles. The number of alkyl halides is 3. The van der Waals surface area contributed by atoms with E-state index in [0.29, 0.717) is 0 Å². The molecule has 1 aromatic carbocycles. The Morgan fingerprint density at radius 2 is 1.92 bits per heavy atom. The van der Waals surface area contributed by atoms with E-state index in [4.69, 9.17) is 15.6 Å². The van der Waals surface area contributed by atoms with Crippen LogP contribution in [0.15, 0.2) is 36.4 Å². The number of anilines is 1. The molecule has 142 valence electrons. The van der Waals surface area contributed by atoms with E-state index in [9.17, 15) is 26.7 Å². The molecule has 1 aromatic heterocycles. The molecule has 0 aliphatic rings. The fourth-order valence-electron chi connectivity index (χ4n) is 1.59. The van der Waals surface area contributed by atoms with Gasteiger partial charge in [-0.25, -0.2) is 18.6 Å². The Morgan fingerprint density at radius 3 is 2.38 bits per heavy atom. The largest absolute Gasteiger partial charge is 0.479 e. The maximum atomic E-state index is 12.3. The Labute approximate surface area is 145 Å². The third-order valence-corrected chi connectivity index (χ3v) is 2.89. The molecule has 10 heteroatoms. The van der Waals surface area contributed by atoms with E-state index >= 15 is 0 Å². The molecular weight excluding hydrogens is 363 g/mol.